The molecule has 0 saturated carbocycles. The van der Waals surface area contributed by atoms with Crippen LogP contribution in [-0.2, 0) is 22.0 Å². The molecule has 160 valence electrons. The fraction of sp³-hybridized carbons (Fsp3) is 0.480. The molecule has 4 heteroatoms. The summed E-state index contributed by atoms with van der Waals surface area (Å²) in [5, 5.41) is 29.1. The Morgan fingerprint density at radius 3 is 1.28 bits per heavy atom. The van der Waals surface area contributed by atoms with Crippen molar-refractivity contribution in [1.82, 2.24) is 0 Å². The van der Waals surface area contributed by atoms with Gasteiger partial charge in [-0.3, -0.25) is 4.79 Å². The number of benzene rings is 2. The lowest BCUT2D eigenvalue weighted by Crippen LogP contribution is -2.14. The number of hydrogen-bond acceptors (Lipinski definition) is 3. The number of phenolic OH excluding ortho intramolecular Hbond substituents is 2. The van der Waals surface area contributed by atoms with Crippen molar-refractivity contribution in [2.24, 2.45) is 0 Å². The second-order valence-electron chi connectivity index (χ2n) is 9.84. The lowest BCUT2D eigenvalue weighted by molar-refractivity contribution is -0.134. The summed E-state index contributed by atoms with van der Waals surface area (Å²) in [7, 11) is 0. The van der Waals surface area contributed by atoms with Crippen LogP contribution in [0.15, 0.2) is 24.3 Å². The molecular weight excluding hydrogens is 364 g/mol. The smallest absolute Gasteiger partial charge is 0.300 e. The predicted octanol–water partition coefficient (Wildman–Crippen LogP) is 5.99. The van der Waals surface area contributed by atoms with Crippen LogP contribution in [0.2, 0.25) is 0 Å². The fourth-order valence-corrected chi connectivity index (χ4v) is 3.33. The number of rotatable bonds is 2. The molecule has 0 atom stereocenters. The third-order valence-corrected chi connectivity index (χ3v) is 4.66. The molecule has 0 fully saturated rings. The van der Waals surface area contributed by atoms with Crippen molar-refractivity contribution in [3.8, 4) is 11.5 Å². The molecule has 3 N–H and O–H groups in total. The summed E-state index contributed by atoms with van der Waals surface area (Å²) in [6.45, 7) is 17.8. The van der Waals surface area contributed by atoms with E-state index in [1.165, 1.54) is 0 Å². The molecule has 2 aromatic rings. The van der Waals surface area contributed by atoms with Gasteiger partial charge >= 0.3 is 0 Å². The van der Waals surface area contributed by atoms with E-state index in [0.29, 0.717) is 17.9 Å². The molecule has 0 amide bonds. The maximum atomic E-state index is 10.8. The van der Waals surface area contributed by atoms with Crippen molar-refractivity contribution in [3.63, 3.8) is 0 Å². The Hall–Kier alpha value is -2.49. The minimum Gasteiger partial charge on any atom is -0.507 e. The maximum Gasteiger partial charge on any atom is 0.300 e. The third-order valence-electron chi connectivity index (χ3n) is 4.66. The third kappa shape index (κ3) is 6.81. The van der Waals surface area contributed by atoms with Gasteiger partial charge in [0.2, 0.25) is 0 Å². The average Bonchev–Trinajstić information content (AvgIpc) is 2.51. The first-order valence-electron chi connectivity index (χ1n) is 9.89. The zero-order valence-electron chi connectivity index (χ0n) is 19.3. The number of aliphatic carboxylic acids is 1. The number of carbonyl (C=O) groups is 1. The van der Waals surface area contributed by atoms with Crippen LogP contribution in [0.4, 0.5) is 0 Å². The largest absolute Gasteiger partial charge is 0.507 e. The van der Waals surface area contributed by atoms with Gasteiger partial charge in [-0.2, -0.15) is 0 Å². The molecule has 0 aliphatic carbocycles. The zero-order valence-corrected chi connectivity index (χ0v) is 19.3. The lowest BCUT2D eigenvalue weighted by atomic mass is 9.81. The second kappa shape index (κ2) is 8.89. The summed E-state index contributed by atoms with van der Waals surface area (Å²) >= 11 is 0. The Morgan fingerprint density at radius 2 is 1.03 bits per heavy atom. The van der Waals surface area contributed by atoms with Crippen molar-refractivity contribution in [2.75, 3.05) is 0 Å². The van der Waals surface area contributed by atoms with E-state index in [2.05, 4.69) is 67.5 Å². The normalized spacial score (nSPS) is 11.6. The quantitative estimate of drug-likeness (QED) is 0.578. The highest BCUT2D eigenvalue weighted by molar-refractivity contribution is 5.63. The van der Waals surface area contributed by atoms with E-state index in [9.17, 15) is 10.2 Å². The Morgan fingerprint density at radius 1 is 0.759 bits per heavy atom. The molecule has 0 radical (unpaired) electrons. The van der Waals surface area contributed by atoms with Gasteiger partial charge in [-0.1, -0.05) is 76.9 Å². The lowest BCUT2D eigenvalue weighted by Gasteiger charge is -2.25. The summed E-state index contributed by atoms with van der Waals surface area (Å²) in [4.78, 5) is 9.00. The monoisotopic (exact) mass is 400 g/mol. The van der Waals surface area contributed by atoms with Gasteiger partial charge in [0.15, 0.2) is 0 Å². The molecule has 29 heavy (non-hydrogen) atoms. The van der Waals surface area contributed by atoms with Crippen LogP contribution < -0.4 is 0 Å². The Kier molecular flexibility index (Phi) is 7.53. The van der Waals surface area contributed by atoms with Crippen LogP contribution in [0.25, 0.3) is 0 Å². The van der Waals surface area contributed by atoms with Crippen LogP contribution >= 0.6 is 0 Å². The summed E-state index contributed by atoms with van der Waals surface area (Å²) in [5.74, 6) is -0.146. The van der Waals surface area contributed by atoms with Gasteiger partial charge < -0.3 is 15.3 Å². The molecule has 0 spiro atoms. The van der Waals surface area contributed by atoms with Crippen LogP contribution in [0.3, 0.4) is 0 Å². The molecular formula is C25H36O4. The van der Waals surface area contributed by atoms with Crippen molar-refractivity contribution in [3.05, 3.63) is 57.6 Å². The Labute approximate surface area is 175 Å². The van der Waals surface area contributed by atoms with Crippen LogP contribution in [-0.4, -0.2) is 21.3 Å². The van der Waals surface area contributed by atoms with Crippen molar-refractivity contribution in [2.45, 2.75) is 79.6 Å². The first-order chi connectivity index (χ1) is 13.0. The minimum absolute atomic E-state index is 0.129. The second-order valence-corrected chi connectivity index (χ2v) is 9.84. The topological polar surface area (TPSA) is 77.8 Å². The summed E-state index contributed by atoms with van der Waals surface area (Å²) < 4.78 is 0. The van der Waals surface area contributed by atoms with Gasteiger partial charge in [0.05, 0.1) is 0 Å². The van der Waals surface area contributed by atoms with Crippen molar-refractivity contribution < 1.29 is 20.1 Å². The number of phenols is 2. The molecule has 0 aliphatic heterocycles. The molecule has 0 unspecified atom stereocenters. The minimum atomic E-state index is -0.833. The van der Waals surface area contributed by atoms with Gasteiger partial charge in [0, 0.05) is 13.3 Å². The highest BCUT2D eigenvalue weighted by Gasteiger charge is 2.24. The molecule has 0 aromatic heterocycles. The van der Waals surface area contributed by atoms with Gasteiger partial charge in [-0.25, -0.2) is 0 Å². The average molecular weight is 401 g/mol. The zero-order chi connectivity index (χ0) is 22.7. The summed E-state index contributed by atoms with van der Waals surface area (Å²) in [5.41, 5.74) is 5.63. The van der Waals surface area contributed by atoms with Crippen LogP contribution in [0, 0.1) is 13.8 Å². The van der Waals surface area contributed by atoms with E-state index in [1.54, 1.807) is 0 Å². The van der Waals surface area contributed by atoms with E-state index < -0.39 is 5.97 Å². The van der Waals surface area contributed by atoms with Crippen molar-refractivity contribution >= 4 is 5.97 Å². The molecule has 2 aromatic carbocycles. The van der Waals surface area contributed by atoms with Crippen molar-refractivity contribution in [1.29, 1.82) is 0 Å². The highest BCUT2D eigenvalue weighted by Crippen LogP contribution is 2.39. The molecule has 4 nitrogen and oxygen atoms in total. The van der Waals surface area contributed by atoms with Gasteiger partial charge in [0.1, 0.15) is 11.5 Å². The number of aryl methyl sites for hydroxylation is 2. The molecule has 0 saturated heterocycles. The predicted molar refractivity (Wildman–Crippen MR) is 119 cm³/mol. The SMILES string of the molecule is CC(=O)O.Cc1cc(Cc2cc(C)cc(C(C)(C)C)c2O)c(O)c(C(C)(C)C)c1. The van der Waals surface area contributed by atoms with E-state index in [-0.39, 0.29) is 10.8 Å². The van der Waals surface area contributed by atoms with E-state index in [0.717, 1.165) is 40.3 Å². The number of hydrogen-bond donors (Lipinski definition) is 3. The highest BCUT2D eigenvalue weighted by atomic mass is 16.4. The van der Waals surface area contributed by atoms with Gasteiger partial charge in [-0.05, 0) is 46.9 Å². The maximum absolute atomic E-state index is 10.8. The number of aromatic hydroxyl groups is 2. The van der Waals surface area contributed by atoms with Crippen LogP contribution in [0.1, 0.15) is 81.8 Å². The first-order valence-corrected chi connectivity index (χ1v) is 9.89. The molecule has 0 heterocycles. The number of carboxylic acids is 1. The van der Waals surface area contributed by atoms with E-state index >= 15 is 0 Å². The molecule has 2 rings (SSSR count). The van der Waals surface area contributed by atoms with Gasteiger partial charge in [-0.15, -0.1) is 0 Å². The van der Waals surface area contributed by atoms with E-state index in [1.807, 2.05) is 12.1 Å². The standard InChI is InChI=1S/C23H32O2.C2H4O2/c1-14-9-16(20(24)18(11-14)22(3,4)5)13-17-10-15(2)12-19(21(17)25)23(6,7)8;1-2(3)4/h9-12,24-25H,13H2,1-8H3;1H3,(H,3,4). The Balaban J connectivity index is 0.000000960. The van der Waals surface area contributed by atoms with Gasteiger partial charge in [0.25, 0.3) is 5.97 Å². The first kappa shape index (κ1) is 24.5. The van der Waals surface area contributed by atoms with Crippen LogP contribution in [0.5, 0.6) is 11.5 Å². The van der Waals surface area contributed by atoms with E-state index in [4.69, 9.17) is 9.90 Å². The molecule has 0 aliphatic rings. The molecule has 0 bridgehead atoms. The number of carboxylic acid groups (broad SMARTS) is 1. The fourth-order valence-electron chi connectivity index (χ4n) is 3.33. The Bertz CT molecular complexity index is 810. The summed E-state index contributed by atoms with van der Waals surface area (Å²) in [6.07, 6.45) is 0.521. The summed E-state index contributed by atoms with van der Waals surface area (Å²) in [6, 6.07) is 8.14.